The summed E-state index contributed by atoms with van der Waals surface area (Å²) in [5.74, 6) is -1.97. The average molecular weight is 369 g/mol. The van der Waals surface area contributed by atoms with Crippen LogP contribution in [0.15, 0.2) is 48.5 Å². The second-order valence-corrected chi connectivity index (χ2v) is 5.40. The summed E-state index contributed by atoms with van der Waals surface area (Å²) in [6.07, 6.45) is -4.91. The first-order chi connectivity index (χ1) is 12.3. The highest BCUT2D eigenvalue weighted by Crippen LogP contribution is 2.29. The van der Waals surface area contributed by atoms with Crippen molar-refractivity contribution in [2.24, 2.45) is 0 Å². The molecule has 4 nitrogen and oxygen atoms in total. The Morgan fingerprint density at radius 3 is 2.46 bits per heavy atom. The zero-order valence-corrected chi connectivity index (χ0v) is 13.5. The summed E-state index contributed by atoms with van der Waals surface area (Å²) in [5, 5.41) is 2.38. The van der Waals surface area contributed by atoms with Crippen molar-refractivity contribution in [1.82, 2.24) is 5.32 Å². The molecule has 1 N–H and O–H groups in total. The van der Waals surface area contributed by atoms with Crippen LogP contribution in [0.25, 0.3) is 0 Å². The number of rotatable bonds is 6. The van der Waals surface area contributed by atoms with Crippen LogP contribution in [-0.2, 0) is 33.5 Å². The molecule has 0 atom stereocenters. The van der Waals surface area contributed by atoms with Gasteiger partial charge in [-0.1, -0.05) is 36.4 Å². The lowest BCUT2D eigenvalue weighted by molar-refractivity contribution is -0.148. The van der Waals surface area contributed by atoms with Crippen molar-refractivity contribution < 1.29 is 31.9 Å². The molecule has 0 aliphatic carbocycles. The molecule has 0 aliphatic heterocycles. The van der Waals surface area contributed by atoms with Gasteiger partial charge >= 0.3 is 12.1 Å². The van der Waals surface area contributed by atoms with Crippen LogP contribution in [0, 0.1) is 5.82 Å². The maximum atomic E-state index is 13.4. The summed E-state index contributed by atoms with van der Waals surface area (Å²) in [5.41, 5.74) is -0.474. The van der Waals surface area contributed by atoms with Crippen molar-refractivity contribution >= 4 is 11.9 Å². The van der Waals surface area contributed by atoms with Crippen molar-refractivity contribution in [3.8, 4) is 0 Å². The van der Waals surface area contributed by atoms with Crippen LogP contribution in [0.2, 0.25) is 0 Å². The van der Waals surface area contributed by atoms with Crippen molar-refractivity contribution in [1.29, 1.82) is 0 Å². The molecule has 0 bridgehead atoms. The predicted molar refractivity (Wildman–Crippen MR) is 84.4 cm³/mol. The maximum Gasteiger partial charge on any atom is 0.416 e. The summed E-state index contributed by atoms with van der Waals surface area (Å²) >= 11 is 0. The molecule has 0 aliphatic rings. The highest BCUT2D eigenvalue weighted by molar-refractivity contribution is 5.81. The van der Waals surface area contributed by atoms with Crippen LogP contribution >= 0.6 is 0 Å². The fourth-order valence-electron chi connectivity index (χ4n) is 2.11. The van der Waals surface area contributed by atoms with E-state index in [1.807, 2.05) is 0 Å². The van der Waals surface area contributed by atoms with E-state index in [1.54, 1.807) is 6.07 Å². The first-order valence-corrected chi connectivity index (χ1v) is 7.57. The van der Waals surface area contributed by atoms with Crippen LogP contribution in [0.3, 0.4) is 0 Å². The molecule has 2 aromatic rings. The minimum absolute atomic E-state index is 0.0727. The van der Waals surface area contributed by atoms with Gasteiger partial charge in [0.05, 0.1) is 12.0 Å². The molecule has 26 heavy (non-hydrogen) atoms. The van der Waals surface area contributed by atoms with Crippen LogP contribution in [0.5, 0.6) is 0 Å². The van der Waals surface area contributed by atoms with Crippen LogP contribution < -0.4 is 5.32 Å². The normalized spacial score (nSPS) is 11.1. The van der Waals surface area contributed by atoms with E-state index < -0.39 is 42.5 Å². The van der Waals surface area contributed by atoms with Crippen LogP contribution in [-0.4, -0.2) is 18.5 Å². The molecular formula is C18H15F4NO3. The molecular weight excluding hydrogens is 354 g/mol. The summed E-state index contributed by atoms with van der Waals surface area (Å²) < 4.78 is 56.0. The fourth-order valence-corrected chi connectivity index (χ4v) is 2.11. The SMILES string of the molecule is O=C(COC(=O)Cc1cccc(C(F)(F)F)c1)NCc1ccccc1F. The number of alkyl halides is 3. The number of hydrogen-bond donors (Lipinski definition) is 1. The standard InChI is InChI=1S/C18H15F4NO3/c19-15-7-2-1-5-13(15)10-23-16(24)11-26-17(25)9-12-4-3-6-14(8-12)18(20,21)22/h1-8H,9-11H2,(H,23,24). The van der Waals surface area contributed by atoms with Crippen LogP contribution in [0.4, 0.5) is 17.6 Å². The molecule has 0 radical (unpaired) electrons. The largest absolute Gasteiger partial charge is 0.455 e. The Kier molecular flexibility index (Phi) is 6.32. The van der Waals surface area contributed by atoms with Gasteiger partial charge < -0.3 is 10.1 Å². The number of benzene rings is 2. The van der Waals surface area contributed by atoms with Gasteiger partial charge in [0.2, 0.25) is 0 Å². The zero-order valence-electron chi connectivity index (χ0n) is 13.5. The van der Waals surface area contributed by atoms with Gasteiger partial charge in [0.25, 0.3) is 5.91 Å². The second-order valence-electron chi connectivity index (χ2n) is 5.40. The third-order valence-corrected chi connectivity index (χ3v) is 3.40. The van der Waals surface area contributed by atoms with Crippen molar-refractivity contribution in [3.05, 3.63) is 71.0 Å². The number of hydrogen-bond acceptors (Lipinski definition) is 3. The van der Waals surface area contributed by atoms with Gasteiger partial charge in [0, 0.05) is 12.1 Å². The van der Waals surface area contributed by atoms with Gasteiger partial charge in [-0.05, 0) is 17.7 Å². The fraction of sp³-hybridized carbons (Fsp3) is 0.222. The summed E-state index contributed by atoms with van der Waals surface area (Å²) in [6, 6.07) is 10.1. The van der Waals surface area contributed by atoms with E-state index in [1.165, 1.54) is 30.3 Å². The number of carbonyl (C=O) groups is 2. The average Bonchev–Trinajstić information content (AvgIpc) is 2.59. The maximum absolute atomic E-state index is 13.4. The van der Waals surface area contributed by atoms with Crippen molar-refractivity contribution in [3.63, 3.8) is 0 Å². The van der Waals surface area contributed by atoms with Gasteiger partial charge in [-0.25, -0.2) is 4.39 Å². The van der Waals surface area contributed by atoms with Gasteiger partial charge in [-0.3, -0.25) is 9.59 Å². The lowest BCUT2D eigenvalue weighted by atomic mass is 10.1. The Labute approximate surface area is 146 Å². The number of carbonyl (C=O) groups excluding carboxylic acids is 2. The quantitative estimate of drug-likeness (QED) is 0.628. The number of ether oxygens (including phenoxy) is 1. The third kappa shape index (κ3) is 5.87. The highest BCUT2D eigenvalue weighted by Gasteiger charge is 2.30. The smallest absolute Gasteiger partial charge is 0.416 e. The minimum Gasteiger partial charge on any atom is -0.455 e. The summed E-state index contributed by atoms with van der Waals surface area (Å²) in [7, 11) is 0. The van der Waals surface area contributed by atoms with Crippen LogP contribution in [0.1, 0.15) is 16.7 Å². The van der Waals surface area contributed by atoms with Gasteiger partial charge in [-0.15, -0.1) is 0 Å². The van der Waals surface area contributed by atoms with E-state index >= 15 is 0 Å². The van der Waals surface area contributed by atoms with Crippen molar-refractivity contribution in [2.45, 2.75) is 19.1 Å². The Balaban J connectivity index is 1.80. The first-order valence-electron chi connectivity index (χ1n) is 7.57. The number of nitrogens with one attached hydrogen (secondary N) is 1. The second kappa shape index (κ2) is 8.46. The number of esters is 1. The van der Waals surface area contributed by atoms with E-state index in [4.69, 9.17) is 4.74 Å². The molecule has 2 rings (SSSR count). The van der Waals surface area contributed by atoms with E-state index in [-0.39, 0.29) is 17.7 Å². The molecule has 0 fully saturated rings. The monoisotopic (exact) mass is 369 g/mol. The Bertz CT molecular complexity index is 790. The molecule has 0 spiro atoms. The van der Waals surface area contributed by atoms with Gasteiger partial charge in [0.15, 0.2) is 6.61 Å². The minimum atomic E-state index is -4.51. The number of halogens is 4. The Morgan fingerprint density at radius 2 is 1.77 bits per heavy atom. The molecule has 8 heteroatoms. The predicted octanol–water partition coefficient (Wildman–Crippen LogP) is 3.25. The first kappa shape index (κ1) is 19.4. The molecule has 0 saturated heterocycles. The Hall–Kier alpha value is -2.90. The summed E-state index contributed by atoms with van der Waals surface area (Å²) in [4.78, 5) is 23.3. The number of amides is 1. The Morgan fingerprint density at radius 1 is 1.04 bits per heavy atom. The van der Waals surface area contributed by atoms with E-state index in [9.17, 15) is 27.2 Å². The van der Waals surface area contributed by atoms with E-state index in [0.717, 1.165) is 12.1 Å². The highest BCUT2D eigenvalue weighted by atomic mass is 19.4. The van der Waals surface area contributed by atoms with Crippen molar-refractivity contribution in [2.75, 3.05) is 6.61 Å². The topological polar surface area (TPSA) is 55.4 Å². The molecule has 0 saturated carbocycles. The van der Waals surface area contributed by atoms with Gasteiger partial charge in [-0.2, -0.15) is 13.2 Å². The molecule has 2 aromatic carbocycles. The zero-order chi connectivity index (χ0) is 19.2. The molecule has 0 aromatic heterocycles. The molecule has 138 valence electrons. The summed E-state index contributed by atoms with van der Waals surface area (Å²) in [6.45, 7) is -0.678. The molecule has 0 unspecified atom stereocenters. The lowest BCUT2D eigenvalue weighted by Crippen LogP contribution is -2.29. The lowest BCUT2D eigenvalue weighted by Gasteiger charge is -2.09. The molecule has 0 heterocycles. The molecule has 1 amide bonds. The third-order valence-electron chi connectivity index (χ3n) is 3.40. The van der Waals surface area contributed by atoms with Gasteiger partial charge in [0.1, 0.15) is 5.82 Å². The van der Waals surface area contributed by atoms with E-state index in [0.29, 0.717) is 0 Å². The van der Waals surface area contributed by atoms with E-state index in [2.05, 4.69) is 5.32 Å².